The molecule has 3 rings (SSSR count). The maximum Gasteiger partial charge on any atom is 0.321 e. The van der Waals surface area contributed by atoms with Crippen LogP contribution in [0.15, 0.2) is 59.3 Å². The molecule has 0 fully saturated rings. The van der Waals surface area contributed by atoms with Crippen LogP contribution >= 0.6 is 34.7 Å². The summed E-state index contributed by atoms with van der Waals surface area (Å²) in [5, 5.41) is 8.14. The summed E-state index contributed by atoms with van der Waals surface area (Å²) in [5.74, 6) is -0.316. The number of nitrogens with zero attached hydrogens (tertiary/aromatic N) is 2. The Labute approximate surface area is 163 Å². The molecule has 2 N–H and O–H groups in total. The molecule has 0 atom stereocenters. The van der Waals surface area contributed by atoms with Crippen molar-refractivity contribution in [3.63, 3.8) is 0 Å². The minimum Gasteiger partial charge on any atom is -0.333 e. The van der Waals surface area contributed by atoms with Crippen molar-refractivity contribution in [1.82, 2.24) is 20.2 Å². The number of urea groups is 1. The molecular formula is C17H15ClN4O2S2. The Kier molecular flexibility index (Phi) is 6.32. The molecular weight excluding hydrogens is 392 g/mol. The number of carbonyl (C=O) groups is 2. The Morgan fingerprint density at radius 3 is 2.92 bits per heavy atom. The zero-order valence-electron chi connectivity index (χ0n) is 13.5. The molecule has 0 aliphatic carbocycles. The number of halogens is 1. The van der Waals surface area contributed by atoms with Crippen molar-refractivity contribution in [2.45, 2.75) is 11.7 Å². The Hall–Kier alpha value is -2.29. The first kappa shape index (κ1) is 18.5. The Morgan fingerprint density at radius 2 is 2.15 bits per heavy atom. The van der Waals surface area contributed by atoms with Crippen molar-refractivity contribution in [3.8, 4) is 5.69 Å². The molecule has 2 aromatic heterocycles. The van der Waals surface area contributed by atoms with E-state index in [0.717, 1.165) is 10.6 Å². The molecule has 0 aliphatic heterocycles. The Bertz CT molecular complexity index is 896. The topological polar surface area (TPSA) is 76.0 Å². The SMILES string of the molecule is O=C(CSc1nccn1-c1cccc(Cl)c1)NC(=O)NCc1cccs1. The third-order valence-electron chi connectivity index (χ3n) is 3.28. The minimum atomic E-state index is -0.512. The molecule has 0 aliphatic rings. The number of carbonyl (C=O) groups excluding carboxylic acids is 2. The van der Waals surface area contributed by atoms with Crippen LogP contribution in [0.25, 0.3) is 5.69 Å². The van der Waals surface area contributed by atoms with Crippen LogP contribution in [0.2, 0.25) is 5.02 Å². The smallest absolute Gasteiger partial charge is 0.321 e. The number of rotatable bonds is 6. The van der Waals surface area contributed by atoms with E-state index in [9.17, 15) is 9.59 Å². The van der Waals surface area contributed by atoms with Gasteiger partial charge in [-0.2, -0.15) is 0 Å². The average Bonchev–Trinajstić information content (AvgIpc) is 3.30. The monoisotopic (exact) mass is 406 g/mol. The summed E-state index contributed by atoms with van der Waals surface area (Å²) >= 11 is 8.80. The van der Waals surface area contributed by atoms with Crippen molar-refractivity contribution in [2.75, 3.05) is 5.75 Å². The van der Waals surface area contributed by atoms with Crippen molar-refractivity contribution in [1.29, 1.82) is 0 Å². The highest BCUT2D eigenvalue weighted by Gasteiger charge is 2.12. The van der Waals surface area contributed by atoms with Gasteiger partial charge in [-0.15, -0.1) is 11.3 Å². The van der Waals surface area contributed by atoms with Crippen LogP contribution in [-0.2, 0) is 11.3 Å². The second-order valence-electron chi connectivity index (χ2n) is 5.16. The number of imide groups is 1. The lowest BCUT2D eigenvalue weighted by Gasteiger charge is -2.08. The molecule has 9 heteroatoms. The minimum absolute atomic E-state index is 0.0734. The Morgan fingerprint density at radius 1 is 1.27 bits per heavy atom. The third-order valence-corrected chi connectivity index (χ3v) is 5.36. The molecule has 0 radical (unpaired) electrons. The second-order valence-corrected chi connectivity index (χ2v) is 7.57. The van der Waals surface area contributed by atoms with Gasteiger partial charge in [0.15, 0.2) is 5.16 Å². The second kappa shape index (κ2) is 8.88. The van der Waals surface area contributed by atoms with Crippen molar-refractivity contribution in [2.24, 2.45) is 0 Å². The van der Waals surface area contributed by atoms with E-state index in [1.54, 1.807) is 29.8 Å². The highest BCUT2D eigenvalue weighted by atomic mass is 35.5. The molecule has 3 amide bonds. The first-order chi connectivity index (χ1) is 12.6. The van der Waals surface area contributed by atoms with Crippen LogP contribution in [0.5, 0.6) is 0 Å². The summed E-state index contributed by atoms with van der Waals surface area (Å²) in [7, 11) is 0. The molecule has 0 bridgehead atoms. The highest BCUT2D eigenvalue weighted by Crippen LogP contribution is 2.22. The number of nitrogens with one attached hydrogen (secondary N) is 2. The zero-order valence-corrected chi connectivity index (χ0v) is 15.9. The number of imidazole rings is 1. The van der Waals surface area contributed by atoms with E-state index in [0.29, 0.717) is 16.7 Å². The number of benzene rings is 1. The van der Waals surface area contributed by atoms with Gasteiger partial charge in [-0.1, -0.05) is 35.5 Å². The Balaban J connectivity index is 1.50. The van der Waals surface area contributed by atoms with E-state index in [-0.39, 0.29) is 11.7 Å². The van der Waals surface area contributed by atoms with Gasteiger partial charge in [0.1, 0.15) is 0 Å². The lowest BCUT2D eigenvalue weighted by molar-refractivity contribution is -0.117. The first-order valence-corrected chi connectivity index (χ1v) is 9.88. The number of thioether (sulfide) groups is 1. The van der Waals surface area contributed by atoms with E-state index in [2.05, 4.69) is 15.6 Å². The standard InChI is InChI=1S/C17H15ClN4O2S2/c18-12-3-1-4-13(9-12)22-7-6-19-17(22)26-11-15(23)21-16(24)20-10-14-5-2-8-25-14/h1-9H,10-11H2,(H2,20,21,23,24). The largest absolute Gasteiger partial charge is 0.333 e. The summed E-state index contributed by atoms with van der Waals surface area (Å²) in [6.45, 7) is 0.392. The van der Waals surface area contributed by atoms with Gasteiger partial charge in [0.05, 0.1) is 12.3 Å². The van der Waals surface area contributed by atoms with Crippen molar-refractivity contribution >= 4 is 46.6 Å². The first-order valence-electron chi connectivity index (χ1n) is 7.64. The fourth-order valence-corrected chi connectivity index (χ4v) is 3.74. The summed E-state index contributed by atoms with van der Waals surface area (Å²) < 4.78 is 1.83. The summed E-state index contributed by atoms with van der Waals surface area (Å²) in [6, 6.07) is 10.7. The van der Waals surface area contributed by atoms with Gasteiger partial charge in [-0.05, 0) is 29.6 Å². The number of amides is 3. The molecule has 0 spiro atoms. The molecule has 2 heterocycles. The van der Waals surface area contributed by atoms with Crippen LogP contribution in [0.4, 0.5) is 4.79 Å². The third kappa shape index (κ3) is 5.10. The van der Waals surface area contributed by atoms with E-state index in [4.69, 9.17) is 11.6 Å². The van der Waals surface area contributed by atoms with Gasteiger partial charge in [-0.3, -0.25) is 14.7 Å². The summed E-state index contributed by atoms with van der Waals surface area (Å²) in [4.78, 5) is 29.0. The van der Waals surface area contributed by atoms with Gasteiger partial charge >= 0.3 is 6.03 Å². The fourth-order valence-electron chi connectivity index (χ4n) is 2.14. The molecule has 3 aromatic rings. The number of thiophene rings is 1. The number of hydrogen-bond acceptors (Lipinski definition) is 5. The van der Waals surface area contributed by atoms with Gasteiger partial charge in [0.2, 0.25) is 5.91 Å². The zero-order chi connectivity index (χ0) is 18.4. The maximum absolute atomic E-state index is 12.0. The van der Waals surface area contributed by atoms with Crippen LogP contribution in [-0.4, -0.2) is 27.2 Å². The summed E-state index contributed by atoms with van der Waals surface area (Å²) in [5.41, 5.74) is 0.853. The van der Waals surface area contributed by atoms with Crippen LogP contribution in [0, 0.1) is 0 Å². The quantitative estimate of drug-likeness (QED) is 0.612. The van der Waals surface area contributed by atoms with Gasteiger partial charge in [0.25, 0.3) is 0 Å². The highest BCUT2D eigenvalue weighted by molar-refractivity contribution is 7.99. The van der Waals surface area contributed by atoms with Gasteiger partial charge in [0, 0.05) is 28.0 Å². The van der Waals surface area contributed by atoms with E-state index >= 15 is 0 Å². The molecule has 134 valence electrons. The number of hydrogen-bond donors (Lipinski definition) is 2. The molecule has 0 saturated carbocycles. The summed E-state index contributed by atoms with van der Waals surface area (Å²) in [6.07, 6.45) is 3.44. The molecule has 1 aromatic carbocycles. The van der Waals surface area contributed by atoms with Crippen LogP contribution in [0.1, 0.15) is 4.88 Å². The van der Waals surface area contributed by atoms with Crippen molar-refractivity contribution < 1.29 is 9.59 Å². The van der Waals surface area contributed by atoms with Crippen LogP contribution < -0.4 is 10.6 Å². The van der Waals surface area contributed by atoms with E-state index in [1.807, 2.05) is 40.3 Å². The number of aromatic nitrogens is 2. The molecule has 6 nitrogen and oxygen atoms in total. The van der Waals surface area contributed by atoms with Crippen molar-refractivity contribution in [3.05, 3.63) is 64.1 Å². The maximum atomic E-state index is 12.0. The van der Waals surface area contributed by atoms with Gasteiger partial charge in [-0.25, -0.2) is 9.78 Å². The average molecular weight is 407 g/mol. The lowest BCUT2D eigenvalue weighted by Crippen LogP contribution is -2.39. The van der Waals surface area contributed by atoms with Crippen LogP contribution in [0.3, 0.4) is 0 Å². The predicted octanol–water partition coefficient (Wildman–Crippen LogP) is 3.71. The van der Waals surface area contributed by atoms with Gasteiger partial charge < -0.3 is 5.32 Å². The lowest BCUT2D eigenvalue weighted by atomic mass is 10.3. The predicted molar refractivity (Wildman–Crippen MR) is 104 cm³/mol. The molecule has 26 heavy (non-hydrogen) atoms. The molecule has 0 unspecified atom stereocenters. The normalized spacial score (nSPS) is 10.5. The fraction of sp³-hybridized carbons (Fsp3) is 0.118. The molecule has 0 saturated heterocycles. The van der Waals surface area contributed by atoms with E-state index < -0.39 is 6.03 Å². The van der Waals surface area contributed by atoms with E-state index in [1.165, 1.54) is 11.8 Å².